The Morgan fingerprint density at radius 1 is 1.24 bits per heavy atom. The third kappa shape index (κ3) is 3.78. The molecule has 3 aromatic rings. The van der Waals surface area contributed by atoms with E-state index in [1.54, 1.807) is 37.4 Å². The van der Waals surface area contributed by atoms with Crippen molar-refractivity contribution in [3.05, 3.63) is 65.9 Å². The molecular weight excluding hydrogens is 316 g/mol. The van der Waals surface area contributed by atoms with Gasteiger partial charge in [0.1, 0.15) is 5.75 Å². The van der Waals surface area contributed by atoms with Crippen LogP contribution in [-0.2, 0) is 11.4 Å². The number of benzene rings is 2. The van der Waals surface area contributed by atoms with Gasteiger partial charge in [0.2, 0.25) is 0 Å². The average Bonchev–Trinajstić information content (AvgIpc) is 2.64. The normalized spacial score (nSPS) is 12.0. The van der Waals surface area contributed by atoms with Crippen molar-refractivity contribution in [2.24, 2.45) is 0 Å². The molecule has 2 N–H and O–H groups in total. The fourth-order valence-electron chi connectivity index (χ4n) is 2.63. The number of ether oxygens (including phenoxy) is 1. The first-order chi connectivity index (χ1) is 12.1. The van der Waals surface area contributed by atoms with Crippen LogP contribution in [0.5, 0.6) is 5.75 Å². The smallest absolute Gasteiger partial charge is 0.265 e. The molecule has 0 radical (unpaired) electrons. The number of hydrogen-bond acceptors (Lipinski definition) is 4. The standard InChI is InChI=1S/C20H20N2O3/c1-13-8-9-18(17-7-4-10-21-19(13)17)22-20(24)14(2)25-16-6-3-5-15(11-16)12-23/h3-11,14,23H,12H2,1-2H3,(H,22,24). The van der Waals surface area contributed by atoms with Crippen LogP contribution in [0, 0.1) is 6.92 Å². The van der Waals surface area contributed by atoms with Gasteiger partial charge in [-0.2, -0.15) is 0 Å². The van der Waals surface area contributed by atoms with Gasteiger partial charge in [-0.1, -0.05) is 18.2 Å². The second kappa shape index (κ2) is 7.32. The zero-order valence-electron chi connectivity index (χ0n) is 14.2. The monoisotopic (exact) mass is 336 g/mol. The molecule has 5 heteroatoms. The number of nitrogens with zero attached hydrogens (tertiary/aromatic N) is 1. The Labute approximate surface area is 146 Å². The highest BCUT2D eigenvalue weighted by Gasteiger charge is 2.16. The molecule has 25 heavy (non-hydrogen) atoms. The van der Waals surface area contributed by atoms with E-state index in [-0.39, 0.29) is 12.5 Å². The molecule has 0 spiro atoms. The number of carbonyl (C=O) groups excluding carboxylic acids is 1. The number of pyridine rings is 1. The molecule has 3 rings (SSSR count). The molecule has 1 heterocycles. The van der Waals surface area contributed by atoms with Crippen molar-refractivity contribution in [2.75, 3.05) is 5.32 Å². The largest absolute Gasteiger partial charge is 0.481 e. The SMILES string of the molecule is Cc1ccc(NC(=O)C(C)Oc2cccc(CO)c2)c2cccnc12. The summed E-state index contributed by atoms with van der Waals surface area (Å²) < 4.78 is 5.69. The Bertz CT molecular complexity index is 908. The second-order valence-electron chi connectivity index (χ2n) is 5.88. The van der Waals surface area contributed by atoms with E-state index in [1.807, 2.05) is 31.2 Å². The summed E-state index contributed by atoms with van der Waals surface area (Å²) >= 11 is 0. The van der Waals surface area contributed by atoms with Crippen LogP contribution in [-0.4, -0.2) is 22.1 Å². The lowest BCUT2D eigenvalue weighted by atomic mass is 10.1. The molecule has 0 fully saturated rings. The molecule has 0 bridgehead atoms. The van der Waals surface area contributed by atoms with Crippen LogP contribution in [0.1, 0.15) is 18.1 Å². The second-order valence-corrected chi connectivity index (χ2v) is 5.88. The molecule has 1 amide bonds. The van der Waals surface area contributed by atoms with Crippen LogP contribution >= 0.6 is 0 Å². The van der Waals surface area contributed by atoms with Gasteiger partial charge in [0, 0.05) is 11.6 Å². The zero-order valence-corrected chi connectivity index (χ0v) is 14.2. The number of anilines is 1. The number of amides is 1. The average molecular weight is 336 g/mol. The van der Waals surface area contributed by atoms with E-state index in [0.29, 0.717) is 11.4 Å². The lowest BCUT2D eigenvalue weighted by Crippen LogP contribution is -2.30. The number of nitrogens with one attached hydrogen (secondary N) is 1. The number of aryl methyl sites for hydroxylation is 1. The molecule has 0 saturated carbocycles. The summed E-state index contributed by atoms with van der Waals surface area (Å²) in [6, 6.07) is 14.6. The number of hydrogen-bond donors (Lipinski definition) is 2. The van der Waals surface area contributed by atoms with Crippen molar-refractivity contribution in [3.63, 3.8) is 0 Å². The summed E-state index contributed by atoms with van der Waals surface area (Å²) in [5.74, 6) is 0.299. The first-order valence-electron chi connectivity index (χ1n) is 8.10. The summed E-state index contributed by atoms with van der Waals surface area (Å²) in [7, 11) is 0. The molecule has 1 unspecified atom stereocenters. The number of carbonyl (C=O) groups is 1. The number of rotatable bonds is 5. The van der Waals surface area contributed by atoms with Gasteiger partial charge in [-0.15, -0.1) is 0 Å². The topological polar surface area (TPSA) is 71.5 Å². The summed E-state index contributed by atoms with van der Waals surface area (Å²) in [4.78, 5) is 16.9. The molecule has 2 aromatic carbocycles. The van der Waals surface area contributed by atoms with Crippen molar-refractivity contribution in [2.45, 2.75) is 26.6 Å². The van der Waals surface area contributed by atoms with Gasteiger partial charge in [0.15, 0.2) is 6.10 Å². The maximum Gasteiger partial charge on any atom is 0.265 e. The van der Waals surface area contributed by atoms with Gasteiger partial charge >= 0.3 is 0 Å². The van der Waals surface area contributed by atoms with Gasteiger partial charge < -0.3 is 15.2 Å². The fourth-order valence-corrected chi connectivity index (χ4v) is 2.63. The number of aromatic nitrogens is 1. The molecule has 0 aliphatic heterocycles. The van der Waals surface area contributed by atoms with Crippen LogP contribution in [0.3, 0.4) is 0 Å². The first kappa shape index (κ1) is 16.9. The molecule has 0 aliphatic rings. The van der Waals surface area contributed by atoms with Crippen LogP contribution in [0.2, 0.25) is 0 Å². The van der Waals surface area contributed by atoms with Crippen molar-refractivity contribution in [1.29, 1.82) is 0 Å². The van der Waals surface area contributed by atoms with E-state index < -0.39 is 6.10 Å². The highest BCUT2D eigenvalue weighted by atomic mass is 16.5. The molecule has 1 atom stereocenters. The van der Waals surface area contributed by atoms with Crippen LogP contribution < -0.4 is 10.1 Å². The van der Waals surface area contributed by atoms with Crippen molar-refractivity contribution < 1.29 is 14.6 Å². The van der Waals surface area contributed by atoms with Crippen LogP contribution in [0.15, 0.2) is 54.7 Å². The van der Waals surface area contributed by atoms with Gasteiger partial charge in [0.25, 0.3) is 5.91 Å². The Balaban J connectivity index is 1.77. The quantitative estimate of drug-likeness (QED) is 0.749. The third-order valence-corrected chi connectivity index (χ3v) is 3.99. The molecular formula is C20H20N2O3. The van der Waals surface area contributed by atoms with E-state index in [9.17, 15) is 9.90 Å². The summed E-state index contributed by atoms with van der Waals surface area (Å²) in [6.07, 6.45) is 1.06. The molecule has 128 valence electrons. The minimum Gasteiger partial charge on any atom is -0.481 e. The Hall–Kier alpha value is -2.92. The Kier molecular flexibility index (Phi) is 4.95. The van der Waals surface area contributed by atoms with Gasteiger partial charge in [-0.25, -0.2) is 0 Å². The lowest BCUT2D eigenvalue weighted by molar-refractivity contribution is -0.122. The van der Waals surface area contributed by atoms with E-state index in [0.717, 1.165) is 22.0 Å². The number of fused-ring (bicyclic) bond motifs is 1. The Morgan fingerprint density at radius 2 is 2.08 bits per heavy atom. The molecule has 1 aromatic heterocycles. The van der Waals surface area contributed by atoms with Crippen molar-refractivity contribution in [1.82, 2.24) is 4.98 Å². The summed E-state index contributed by atoms with van der Waals surface area (Å²) in [5, 5.41) is 13.0. The first-order valence-corrected chi connectivity index (χ1v) is 8.10. The lowest BCUT2D eigenvalue weighted by Gasteiger charge is -2.16. The maximum atomic E-state index is 12.5. The van der Waals surface area contributed by atoms with Gasteiger partial charge in [0.05, 0.1) is 17.8 Å². The van der Waals surface area contributed by atoms with Crippen LogP contribution in [0.25, 0.3) is 10.9 Å². The number of aliphatic hydroxyl groups is 1. The predicted octanol–water partition coefficient (Wildman–Crippen LogP) is 3.44. The fraction of sp³-hybridized carbons (Fsp3) is 0.200. The predicted molar refractivity (Wildman–Crippen MR) is 97.6 cm³/mol. The van der Waals surface area contributed by atoms with E-state index in [4.69, 9.17) is 4.74 Å². The van der Waals surface area contributed by atoms with Gasteiger partial charge in [-0.05, 0) is 55.3 Å². The molecule has 5 nitrogen and oxygen atoms in total. The van der Waals surface area contributed by atoms with E-state index in [2.05, 4.69) is 10.3 Å². The Morgan fingerprint density at radius 3 is 2.88 bits per heavy atom. The molecule has 0 saturated heterocycles. The molecule has 0 aliphatic carbocycles. The summed E-state index contributed by atoms with van der Waals surface area (Å²) in [6.45, 7) is 3.61. The highest BCUT2D eigenvalue weighted by Crippen LogP contribution is 2.25. The van der Waals surface area contributed by atoms with E-state index in [1.165, 1.54) is 0 Å². The zero-order chi connectivity index (χ0) is 17.8. The van der Waals surface area contributed by atoms with Crippen molar-refractivity contribution >= 4 is 22.5 Å². The minimum atomic E-state index is -0.679. The minimum absolute atomic E-state index is 0.0693. The van der Waals surface area contributed by atoms with Crippen LogP contribution in [0.4, 0.5) is 5.69 Å². The summed E-state index contributed by atoms with van der Waals surface area (Å²) in [5.41, 5.74) is 3.36. The maximum absolute atomic E-state index is 12.5. The van der Waals surface area contributed by atoms with Crippen molar-refractivity contribution in [3.8, 4) is 5.75 Å². The van der Waals surface area contributed by atoms with E-state index >= 15 is 0 Å². The number of aliphatic hydroxyl groups excluding tert-OH is 1. The highest BCUT2D eigenvalue weighted by molar-refractivity contribution is 6.03. The van der Waals surface area contributed by atoms with Gasteiger partial charge in [-0.3, -0.25) is 9.78 Å². The third-order valence-electron chi connectivity index (χ3n) is 3.99.